The van der Waals surface area contributed by atoms with Crippen LogP contribution in [0.1, 0.15) is 406 Å². The van der Waals surface area contributed by atoms with Crippen molar-refractivity contribution in [2.75, 3.05) is 19.8 Å². The van der Waals surface area contributed by atoms with E-state index in [4.69, 9.17) is 14.2 Å². The average Bonchev–Trinajstić information content (AvgIpc) is 0.834. The fourth-order valence-electron chi connectivity index (χ4n) is 13.0. The standard InChI is InChI=1S/C83H155NO10/c1-3-5-7-9-11-13-14-15-16-17-42-45-48-51-55-59-63-67-71-79(88)92-72-68-64-60-56-52-49-46-43-40-38-36-34-32-30-28-26-24-22-20-18-19-21-23-25-27-29-31-33-35-37-39-41-44-47-50-54-58-62-66-70-78(87)84-75(76(86)69-65-61-57-53-12-10-8-6-4-2)74-93-83-82(91)81(90)80(89)77(73-85)94-83/h12,18-19,22,24,53,65,69,75-77,80-83,85-86,89-91H,3-11,13-17,20-21,23,25-52,54-64,66-68,70-74H2,1-2H3,(H,84,87)/b19-18-,24-22-,53-12+,69-65+. The highest BCUT2D eigenvalue weighted by Crippen LogP contribution is 2.24. The van der Waals surface area contributed by atoms with Gasteiger partial charge in [-0.3, -0.25) is 9.59 Å². The summed E-state index contributed by atoms with van der Waals surface area (Å²) < 4.78 is 16.7. The van der Waals surface area contributed by atoms with Gasteiger partial charge >= 0.3 is 5.97 Å². The lowest BCUT2D eigenvalue weighted by Crippen LogP contribution is -2.60. The van der Waals surface area contributed by atoms with Crippen molar-refractivity contribution in [3.63, 3.8) is 0 Å². The Morgan fingerprint density at radius 3 is 1.14 bits per heavy atom. The van der Waals surface area contributed by atoms with Gasteiger partial charge in [0.1, 0.15) is 24.4 Å². The number of aliphatic hydroxyl groups is 5. The largest absolute Gasteiger partial charge is 0.466 e. The van der Waals surface area contributed by atoms with E-state index in [0.717, 1.165) is 57.8 Å². The SMILES string of the molecule is CCCCC/C=C/CC/C=C/C(O)C(COC1OC(CO)C(O)C(O)C1O)NC(=O)CCCCCCCCCCCCCCCCCCC/C=C\C/C=C\CCCCCCCCCCCCCCCCCOC(=O)CCCCCCCCCCCCCCCCCCCC. The zero-order chi connectivity index (χ0) is 67.9. The van der Waals surface area contributed by atoms with Gasteiger partial charge in [0.2, 0.25) is 5.91 Å². The van der Waals surface area contributed by atoms with Gasteiger partial charge in [-0.25, -0.2) is 0 Å². The van der Waals surface area contributed by atoms with Crippen LogP contribution in [0.4, 0.5) is 0 Å². The molecule has 1 aliphatic heterocycles. The molecule has 0 spiro atoms. The van der Waals surface area contributed by atoms with Crippen LogP contribution in [0.2, 0.25) is 0 Å². The van der Waals surface area contributed by atoms with Gasteiger partial charge in [0.05, 0.1) is 32.0 Å². The zero-order valence-corrected chi connectivity index (χ0v) is 61.7. The number of carbonyl (C=O) groups is 2. The minimum Gasteiger partial charge on any atom is -0.466 e. The van der Waals surface area contributed by atoms with E-state index in [-0.39, 0.29) is 18.5 Å². The maximum absolute atomic E-state index is 13.0. The van der Waals surface area contributed by atoms with Gasteiger partial charge in [0.15, 0.2) is 6.29 Å². The van der Waals surface area contributed by atoms with Crippen molar-refractivity contribution in [1.82, 2.24) is 5.32 Å². The van der Waals surface area contributed by atoms with Gasteiger partial charge in [-0.15, -0.1) is 0 Å². The number of allylic oxidation sites excluding steroid dienone is 7. The summed E-state index contributed by atoms with van der Waals surface area (Å²) >= 11 is 0. The fourth-order valence-corrected chi connectivity index (χ4v) is 13.0. The quantitative estimate of drug-likeness (QED) is 0.0195. The molecular weight excluding hydrogens is 1170 g/mol. The van der Waals surface area contributed by atoms with Gasteiger partial charge in [0, 0.05) is 12.8 Å². The molecule has 11 heteroatoms. The van der Waals surface area contributed by atoms with Crippen LogP contribution in [0.25, 0.3) is 0 Å². The number of rotatable bonds is 73. The van der Waals surface area contributed by atoms with Crippen molar-refractivity contribution in [3.05, 3.63) is 48.6 Å². The van der Waals surface area contributed by atoms with E-state index >= 15 is 0 Å². The van der Waals surface area contributed by atoms with Crippen LogP contribution in [0.15, 0.2) is 48.6 Å². The topological polar surface area (TPSA) is 175 Å². The molecule has 0 saturated carbocycles. The monoisotopic (exact) mass is 1330 g/mol. The lowest BCUT2D eigenvalue weighted by atomic mass is 9.99. The first-order chi connectivity index (χ1) is 46.2. The van der Waals surface area contributed by atoms with Crippen LogP contribution in [0.5, 0.6) is 0 Å². The third-order valence-corrected chi connectivity index (χ3v) is 19.4. The molecule has 1 amide bonds. The Morgan fingerprint density at radius 1 is 0.394 bits per heavy atom. The van der Waals surface area contributed by atoms with Crippen LogP contribution >= 0.6 is 0 Å². The average molecular weight is 1330 g/mol. The maximum Gasteiger partial charge on any atom is 0.305 e. The summed E-state index contributed by atoms with van der Waals surface area (Å²) in [7, 11) is 0. The molecule has 0 aromatic carbocycles. The van der Waals surface area contributed by atoms with Gasteiger partial charge in [-0.05, 0) is 77.0 Å². The van der Waals surface area contributed by atoms with Crippen LogP contribution < -0.4 is 5.32 Å². The zero-order valence-electron chi connectivity index (χ0n) is 61.7. The summed E-state index contributed by atoms with van der Waals surface area (Å²) in [5.74, 6) is -0.171. The minimum atomic E-state index is -1.57. The minimum absolute atomic E-state index is 0.0194. The molecule has 94 heavy (non-hydrogen) atoms. The van der Waals surface area contributed by atoms with Gasteiger partial charge in [-0.1, -0.05) is 364 Å². The molecule has 0 bridgehead atoms. The van der Waals surface area contributed by atoms with Gasteiger partial charge < -0.3 is 45.1 Å². The van der Waals surface area contributed by atoms with Crippen LogP contribution in [-0.2, 0) is 23.8 Å². The summed E-state index contributed by atoms with van der Waals surface area (Å²) in [6.07, 6.45) is 86.1. The lowest BCUT2D eigenvalue weighted by molar-refractivity contribution is -0.302. The number of ether oxygens (including phenoxy) is 3. The Morgan fingerprint density at radius 2 is 0.723 bits per heavy atom. The summed E-state index contributed by atoms with van der Waals surface area (Å²) in [5.41, 5.74) is 0. The number of esters is 1. The number of carbonyl (C=O) groups excluding carboxylic acids is 2. The van der Waals surface area contributed by atoms with E-state index in [2.05, 4.69) is 55.6 Å². The van der Waals surface area contributed by atoms with E-state index in [1.807, 2.05) is 6.08 Å². The molecule has 0 aliphatic carbocycles. The van der Waals surface area contributed by atoms with Crippen molar-refractivity contribution >= 4 is 11.9 Å². The predicted octanol–water partition coefficient (Wildman–Crippen LogP) is 22.3. The molecule has 552 valence electrons. The molecule has 1 heterocycles. The number of unbranched alkanes of at least 4 members (excludes halogenated alkanes) is 53. The van der Waals surface area contributed by atoms with Crippen molar-refractivity contribution in [2.45, 2.75) is 448 Å². The Hall–Kier alpha value is -2.38. The van der Waals surface area contributed by atoms with Crippen LogP contribution in [-0.4, -0.2) is 100 Å². The van der Waals surface area contributed by atoms with Crippen molar-refractivity contribution in [2.24, 2.45) is 0 Å². The Labute approximate surface area is 580 Å². The maximum atomic E-state index is 13.0. The van der Waals surface area contributed by atoms with E-state index in [1.54, 1.807) is 6.08 Å². The van der Waals surface area contributed by atoms with E-state index in [9.17, 15) is 35.1 Å². The predicted molar refractivity (Wildman–Crippen MR) is 398 cm³/mol. The molecule has 7 unspecified atom stereocenters. The first-order valence-electron chi connectivity index (χ1n) is 40.9. The second-order valence-electron chi connectivity index (χ2n) is 28.5. The van der Waals surface area contributed by atoms with Gasteiger partial charge in [0.25, 0.3) is 0 Å². The second-order valence-corrected chi connectivity index (χ2v) is 28.5. The van der Waals surface area contributed by atoms with Crippen molar-refractivity contribution in [3.8, 4) is 0 Å². The number of hydrogen-bond acceptors (Lipinski definition) is 10. The molecule has 7 atom stereocenters. The molecule has 0 aromatic heterocycles. The molecule has 11 nitrogen and oxygen atoms in total. The first kappa shape index (κ1) is 89.6. The lowest BCUT2D eigenvalue weighted by Gasteiger charge is -2.40. The van der Waals surface area contributed by atoms with Crippen LogP contribution in [0, 0.1) is 0 Å². The summed E-state index contributed by atoms with van der Waals surface area (Å²) in [5, 5.41) is 54.3. The smallest absolute Gasteiger partial charge is 0.305 e. The summed E-state index contributed by atoms with van der Waals surface area (Å²) in [6, 6.07) is -0.824. The molecule has 0 radical (unpaired) electrons. The highest BCUT2D eigenvalue weighted by atomic mass is 16.7. The normalized spacial score (nSPS) is 17.6. The molecule has 1 saturated heterocycles. The third-order valence-electron chi connectivity index (χ3n) is 19.4. The molecule has 1 fully saturated rings. The Kier molecular flexibility index (Phi) is 68.5. The highest BCUT2D eigenvalue weighted by Gasteiger charge is 2.44. The van der Waals surface area contributed by atoms with E-state index in [0.29, 0.717) is 19.4 Å². The summed E-state index contributed by atoms with van der Waals surface area (Å²) in [4.78, 5) is 25.2. The highest BCUT2D eigenvalue weighted by molar-refractivity contribution is 5.76. The van der Waals surface area contributed by atoms with Crippen molar-refractivity contribution < 1.29 is 49.3 Å². The molecular formula is C83H155NO10. The number of aliphatic hydroxyl groups excluding tert-OH is 5. The molecule has 1 aliphatic rings. The van der Waals surface area contributed by atoms with E-state index < -0.39 is 49.5 Å². The first-order valence-corrected chi connectivity index (χ1v) is 40.9. The molecule has 6 N–H and O–H groups in total. The number of nitrogens with one attached hydrogen (secondary N) is 1. The Balaban J connectivity index is 1.85. The number of hydrogen-bond donors (Lipinski definition) is 6. The van der Waals surface area contributed by atoms with Crippen LogP contribution in [0.3, 0.4) is 0 Å². The van der Waals surface area contributed by atoms with E-state index in [1.165, 1.54) is 321 Å². The molecule has 1 rings (SSSR count). The number of amides is 1. The second kappa shape index (κ2) is 71.9. The van der Waals surface area contributed by atoms with Gasteiger partial charge in [-0.2, -0.15) is 0 Å². The Bertz CT molecular complexity index is 1700. The summed E-state index contributed by atoms with van der Waals surface area (Å²) in [6.45, 7) is 4.33. The molecule has 0 aromatic rings. The fraction of sp³-hybridized carbons (Fsp3) is 0.880. The van der Waals surface area contributed by atoms with Crippen molar-refractivity contribution in [1.29, 1.82) is 0 Å². The third kappa shape index (κ3) is 59.7.